The molecule has 1 rings (SSSR count). The number of sulfone groups is 1. The molecule has 1 aliphatic heterocycles. The van der Waals surface area contributed by atoms with E-state index < -0.39 is 27.6 Å². The molecule has 5 nitrogen and oxygen atoms in total. The molecule has 1 saturated heterocycles. The van der Waals surface area contributed by atoms with E-state index >= 15 is 0 Å². The third-order valence-corrected chi connectivity index (χ3v) is 4.73. The van der Waals surface area contributed by atoms with E-state index in [1.807, 2.05) is 0 Å². The number of rotatable bonds is 5. The van der Waals surface area contributed by atoms with Crippen molar-refractivity contribution in [3.63, 3.8) is 0 Å². The van der Waals surface area contributed by atoms with E-state index in [0.717, 1.165) is 0 Å². The van der Waals surface area contributed by atoms with Gasteiger partial charge in [-0.05, 0) is 19.8 Å². The third kappa shape index (κ3) is 3.52. The SMILES string of the molecule is CCOC(=O)C(CC)C(=O)C1CCS(=O)(=O)C1. The monoisotopic (exact) mass is 262 g/mol. The van der Waals surface area contributed by atoms with E-state index in [4.69, 9.17) is 4.74 Å². The van der Waals surface area contributed by atoms with Crippen molar-refractivity contribution in [3.05, 3.63) is 0 Å². The van der Waals surface area contributed by atoms with Crippen LogP contribution >= 0.6 is 0 Å². The Morgan fingerprint density at radius 2 is 2.00 bits per heavy atom. The van der Waals surface area contributed by atoms with Crippen molar-refractivity contribution in [3.8, 4) is 0 Å². The molecule has 98 valence electrons. The van der Waals surface area contributed by atoms with Crippen LogP contribution in [-0.2, 0) is 24.2 Å². The number of carbonyl (C=O) groups excluding carboxylic acids is 2. The molecule has 0 radical (unpaired) electrons. The lowest BCUT2D eigenvalue weighted by molar-refractivity contribution is -0.152. The highest BCUT2D eigenvalue weighted by atomic mass is 32.2. The van der Waals surface area contributed by atoms with Gasteiger partial charge in [-0.3, -0.25) is 9.59 Å². The van der Waals surface area contributed by atoms with E-state index in [1.54, 1.807) is 13.8 Å². The second-order valence-electron chi connectivity index (χ2n) is 4.22. The van der Waals surface area contributed by atoms with E-state index in [2.05, 4.69) is 0 Å². The first-order chi connectivity index (χ1) is 7.91. The normalized spacial score (nSPS) is 24.2. The molecule has 0 aliphatic carbocycles. The van der Waals surface area contributed by atoms with Crippen molar-refractivity contribution in [1.29, 1.82) is 0 Å². The minimum absolute atomic E-state index is 0.0443. The molecule has 1 aliphatic rings. The summed E-state index contributed by atoms with van der Waals surface area (Å²) in [6, 6.07) is 0. The molecule has 1 heterocycles. The summed E-state index contributed by atoms with van der Waals surface area (Å²) in [6.07, 6.45) is 0.686. The molecule has 2 atom stereocenters. The molecule has 0 aromatic heterocycles. The van der Waals surface area contributed by atoms with Crippen LogP contribution in [0.15, 0.2) is 0 Å². The number of ether oxygens (including phenoxy) is 1. The lowest BCUT2D eigenvalue weighted by Crippen LogP contribution is -2.31. The summed E-state index contributed by atoms with van der Waals surface area (Å²) in [5, 5.41) is 0. The van der Waals surface area contributed by atoms with Crippen molar-refractivity contribution in [2.24, 2.45) is 11.8 Å². The quantitative estimate of drug-likeness (QED) is 0.535. The summed E-state index contributed by atoms with van der Waals surface area (Å²) in [6.45, 7) is 3.63. The van der Waals surface area contributed by atoms with Crippen LogP contribution in [0, 0.1) is 11.8 Å². The fourth-order valence-corrected chi connectivity index (χ4v) is 3.79. The minimum Gasteiger partial charge on any atom is -0.465 e. The van der Waals surface area contributed by atoms with Gasteiger partial charge in [-0.25, -0.2) is 8.42 Å². The predicted molar refractivity (Wildman–Crippen MR) is 62.2 cm³/mol. The Kier molecular flexibility index (Phi) is 4.68. The van der Waals surface area contributed by atoms with Gasteiger partial charge in [0.2, 0.25) is 0 Å². The Hall–Kier alpha value is -0.910. The van der Waals surface area contributed by atoms with E-state index in [-0.39, 0.29) is 23.9 Å². The van der Waals surface area contributed by atoms with Crippen LogP contribution in [-0.4, -0.2) is 38.3 Å². The number of ketones is 1. The Morgan fingerprint density at radius 3 is 2.41 bits per heavy atom. The van der Waals surface area contributed by atoms with Gasteiger partial charge < -0.3 is 4.74 Å². The van der Waals surface area contributed by atoms with Gasteiger partial charge in [-0.1, -0.05) is 6.92 Å². The summed E-state index contributed by atoms with van der Waals surface area (Å²) >= 11 is 0. The molecule has 0 bridgehead atoms. The van der Waals surface area contributed by atoms with Gasteiger partial charge in [-0.2, -0.15) is 0 Å². The number of hydrogen-bond acceptors (Lipinski definition) is 5. The average Bonchev–Trinajstić information content (AvgIpc) is 2.60. The van der Waals surface area contributed by atoms with Crippen molar-refractivity contribution in [2.45, 2.75) is 26.7 Å². The summed E-state index contributed by atoms with van der Waals surface area (Å²) in [4.78, 5) is 23.6. The molecule has 0 spiro atoms. The lowest BCUT2D eigenvalue weighted by atomic mass is 9.90. The summed E-state index contributed by atoms with van der Waals surface area (Å²) in [7, 11) is -3.09. The van der Waals surface area contributed by atoms with Crippen LogP contribution in [0.2, 0.25) is 0 Å². The van der Waals surface area contributed by atoms with Gasteiger partial charge in [-0.15, -0.1) is 0 Å². The first-order valence-electron chi connectivity index (χ1n) is 5.82. The molecular weight excluding hydrogens is 244 g/mol. The van der Waals surface area contributed by atoms with Crippen LogP contribution in [0.25, 0.3) is 0 Å². The molecule has 17 heavy (non-hydrogen) atoms. The fraction of sp³-hybridized carbons (Fsp3) is 0.818. The van der Waals surface area contributed by atoms with Crippen LogP contribution in [0.1, 0.15) is 26.7 Å². The van der Waals surface area contributed by atoms with E-state index in [9.17, 15) is 18.0 Å². The molecule has 6 heteroatoms. The van der Waals surface area contributed by atoms with Crippen molar-refractivity contribution in [1.82, 2.24) is 0 Å². The van der Waals surface area contributed by atoms with Crippen molar-refractivity contribution < 1.29 is 22.7 Å². The van der Waals surface area contributed by atoms with Gasteiger partial charge in [0.1, 0.15) is 5.92 Å². The maximum absolute atomic E-state index is 12.0. The molecule has 0 aromatic rings. The Morgan fingerprint density at radius 1 is 1.35 bits per heavy atom. The summed E-state index contributed by atoms with van der Waals surface area (Å²) < 4.78 is 27.4. The van der Waals surface area contributed by atoms with Crippen LogP contribution < -0.4 is 0 Å². The fourth-order valence-electron chi connectivity index (χ4n) is 2.03. The second-order valence-corrected chi connectivity index (χ2v) is 6.44. The van der Waals surface area contributed by atoms with Gasteiger partial charge in [0.15, 0.2) is 15.6 Å². The topological polar surface area (TPSA) is 77.5 Å². The standard InChI is InChI=1S/C11H18O5S/c1-3-9(11(13)16-4-2)10(12)8-5-6-17(14,15)7-8/h8-9H,3-7H2,1-2H3. The average molecular weight is 262 g/mol. The van der Waals surface area contributed by atoms with Gasteiger partial charge in [0.25, 0.3) is 0 Å². The Bertz CT molecular complexity index is 398. The van der Waals surface area contributed by atoms with Crippen LogP contribution in [0.5, 0.6) is 0 Å². The molecular formula is C11H18O5S. The van der Waals surface area contributed by atoms with E-state index in [1.165, 1.54) is 0 Å². The maximum Gasteiger partial charge on any atom is 0.316 e. The number of esters is 1. The summed E-state index contributed by atoms with van der Waals surface area (Å²) in [5.74, 6) is -2.25. The second kappa shape index (κ2) is 5.62. The molecule has 2 unspecified atom stereocenters. The highest BCUT2D eigenvalue weighted by molar-refractivity contribution is 7.91. The highest BCUT2D eigenvalue weighted by Gasteiger charge is 2.38. The summed E-state index contributed by atoms with van der Waals surface area (Å²) in [5.41, 5.74) is 0. The zero-order valence-electron chi connectivity index (χ0n) is 10.1. The lowest BCUT2D eigenvalue weighted by Gasteiger charge is -2.15. The van der Waals surface area contributed by atoms with Gasteiger partial charge in [0.05, 0.1) is 18.1 Å². The maximum atomic E-state index is 12.0. The zero-order chi connectivity index (χ0) is 13.1. The molecule has 0 N–H and O–H groups in total. The van der Waals surface area contributed by atoms with Crippen LogP contribution in [0.4, 0.5) is 0 Å². The molecule has 1 fully saturated rings. The van der Waals surface area contributed by atoms with Crippen molar-refractivity contribution >= 4 is 21.6 Å². The Labute approximate surface area is 101 Å². The van der Waals surface area contributed by atoms with Gasteiger partial charge >= 0.3 is 5.97 Å². The number of Topliss-reactive ketones (excluding diaryl/α,β-unsaturated/α-hetero) is 1. The van der Waals surface area contributed by atoms with Crippen molar-refractivity contribution in [2.75, 3.05) is 18.1 Å². The smallest absolute Gasteiger partial charge is 0.316 e. The molecule has 0 saturated carbocycles. The van der Waals surface area contributed by atoms with Gasteiger partial charge in [0, 0.05) is 5.92 Å². The third-order valence-electron chi connectivity index (χ3n) is 2.96. The minimum atomic E-state index is -3.09. The number of hydrogen-bond donors (Lipinski definition) is 0. The predicted octanol–water partition coefficient (Wildman–Crippen LogP) is 0.579. The first-order valence-corrected chi connectivity index (χ1v) is 7.64. The highest BCUT2D eigenvalue weighted by Crippen LogP contribution is 2.24. The zero-order valence-corrected chi connectivity index (χ0v) is 11.0. The largest absolute Gasteiger partial charge is 0.465 e. The first kappa shape index (κ1) is 14.2. The van der Waals surface area contributed by atoms with E-state index in [0.29, 0.717) is 12.8 Å². The van der Waals surface area contributed by atoms with Crippen LogP contribution in [0.3, 0.4) is 0 Å². The molecule has 0 aromatic carbocycles. The Balaban J connectivity index is 2.71. The number of carbonyl (C=O) groups is 2. The molecule has 0 amide bonds.